The fraction of sp³-hybridized carbons (Fsp3) is 0.286. The molecule has 0 fully saturated rings. The molecule has 3 aromatic rings. The van der Waals surface area contributed by atoms with Gasteiger partial charge in [0.25, 0.3) is 0 Å². The van der Waals surface area contributed by atoms with Crippen molar-refractivity contribution < 1.29 is 24.5 Å². The number of phenolic OH excluding ortho intramolecular Hbond substituents is 2. The molecule has 0 spiro atoms. The number of hydrogen-bond donors (Lipinski definition) is 3. The predicted octanol–water partition coefficient (Wildman–Crippen LogP) is 2.40. The number of aromatic hydroxyl groups is 2. The van der Waals surface area contributed by atoms with Crippen molar-refractivity contribution in [2.75, 3.05) is 13.2 Å². The van der Waals surface area contributed by atoms with Crippen LogP contribution in [0.2, 0.25) is 0 Å². The Morgan fingerprint density at radius 2 is 1.87 bits per heavy atom. The molecule has 1 aromatic heterocycles. The number of nitrogens with two attached hydrogens (primary N) is 1. The Bertz CT molecular complexity index is 1120. The second kappa shape index (κ2) is 7.58. The number of aromatic nitrogens is 3. The molecule has 0 saturated heterocycles. The molecular formula is C21H22N4O5. The molecule has 2 heterocycles. The average Bonchev–Trinajstić information content (AvgIpc) is 3.09. The fourth-order valence-electron chi connectivity index (χ4n) is 3.48. The number of primary amides is 1. The number of hydrogen-bond acceptors (Lipinski definition) is 7. The lowest BCUT2D eigenvalue weighted by Gasteiger charge is -2.19. The largest absolute Gasteiger partial charge is 0.508 e. The summed E-state index contributed by atoms with van der Waals surface area (Å²) >= 11 is 0. The monoisotopic (exact) mass is 410 g/mol. The lowest BCUT2D eigenvalue weighted by molar-refractivity contribution is -0.118. The van der Waals surface area contributed by atoms with Crippen molar-refractivity contribution in [1.82, 2.24) is 15.0 Å². The first kappa shape index (κ1) is 19.6. The van der Waals surface area contributed by atoms with E-state index in [2.05, 4.69) is 10.3 Å². The van der Waals surface area contributed by atoms with Gasteiger partial charge in [-0.25, -0.2) is 4.68 Å². The van der Waals surface area contributed by atoms with Crippen molar-refractivity contribution in [3.8, 4) is 45.5 Å². The van der Waals surface area contributed by atoms with Crippen LogP contribution >= 0.6 is 0 Å². The number of nitrogens with zero attached hydrogens (tertiary/aromatic N) is 3. The summed E-state index contributed by atoms with van der Waals surface area (Å²) in [6.45, 7) is 4.58. The van der Waals surface area contributed by atoms with E-state index in [4.69, 9.17) is 15.2 Å². The molecule has 0 atom stereocenters. The van der Waals surface area contributed by atoms with Crippen molar-refractivity contribution in [2.45, 2.75) is 26.3 Å². The third kappa shape index (κ3) is 3.49. The van der Waals surface area contributed by atoms with Crippen LogP contribution in [-0.2, 0) is 11.3 Å². The number of ether oxygens (including phenoxy) is 2. The maximum absolute atomic E-state index is 11.6. The minimum atomic E-state index is -0.581. The highest BCUT2D eigenvalue weighted by molar-refractivity contribution is 5.84. The summed E-state index contributed by atoms with van der Waals surface area (Å²) in [7, 11) is 0. The summed E-state index contributed by atoms with van der Waals surface area (Å²) in [5.41, 5.74) is 7.94. The molecule has 156 valence electrons. The molecular weight excluding hydrogens is 388 g/mol. The predicted molar refractivity (Wildman–Crippen MR) is 108 cm³/mol. The Balaban J connectivity index is 1.92. The van der Waals surface area contributed by atoms with Crippen LogP contribution in [-0.4, -0.2) is 44.3 Å². The first-order valence-electron chi connectivity index (χ1n) is 9.53. The molecule has 0 aliphatic carbocycles. The van der Waals surface area contributed by atoms with Crippen molar-refractivity contribution in [3.63, 3.8) is 0 Å². The summed E-state index contributed by atoms with van der Waals surface area (Å²) < 4.78 is 12.6. The molecule has 0 radical (unpaired) electrons. The van der Waals surface area contributed by atoms with Gasteiger partial charge in [-0.15, -0.1) is 5.10 Å². The zero-order valence-corrected chi connectivity index (χ0v) is 16.6. The van der Waals surface area contributed by atoms with Gasteiger partial charge in [-0.3, -0.25) is 4.79 Å². The Morgan fingerprint density at radius 1 is 1.13 bits per heavy atom. The average molecular weight is 410 g/mol. The Labute approximate surface area is 172 Å². The van der Waals surface area contributed by atoms with E-state index in [-0.39, 0.29) is 24.0 Å². The number of phenols is 2. The zero-order chi connectivity index (χ0) is 21.4. The second-order valence-electron chi connectivity index (χ2n) is 7.35. The van der Waals surface area contributed by atoms with Gasteiger partial charge in [0.1, 0.15) is 37.0 Å². The maximum Gasteiger partial charge on any atom is 0.239 e. The van der Waals surface area contributed by atoms with Gasteiger partial charge in [0.05, 0.1) is 5.69 Å². The summed E-state index contributed by atoms with van der Waals surface area (Å²) in [5, 5.41) is 29.0. The molecule has 0 unspecified atom stereocenters. The molecule has 2 aromatic carbocycles. The number of amides is 1. The van der Waals surface area contributed by atoms with E-state index in [1.54, 1.807) is 24.3 Å². The molecule has 1 aliphatic rings. The lowest BCUT2D eigenvalue weighted by atomic mass is 9.96. The Kier molecular flexibility index (Phi) is 4.94. The summed E-state index contributed by atoms with van der Waals surface area (Å²) in [6, 6.07) is 8.30. The van der Waals surface area contributed by atoms with Gasteiger partial charge in [-0.1, -0.05) is 19.1 Å². The Morgan fingerprint density at radius 3 is 2.57 bits per heavy atom. The van der Waals surface area contributed by atoms with E-state index in [0.29, 0.717) is 52.8 Å². The van der Waals surface area contributed by atoms with E-state index in [0.717, 1.165) is 0 Å². The minimum absolute atomic E-state index is 0.00310. The number of carbonyl (C=O) groups excluding carboxylic acids is 1. The van der Waals surface area contributed by atoms with Crippen molar-refractivity contribution in [2.24, 2.45) is 5.73 Å². The quantitative estimate of drug-likeness (QED) is 0.588. The standard InChI is InChI=1S/C21H22N4O5/c1-11(2)13-8-14(16(27)9-15(13)26)20-21(25(24-23-20)10-19(22)28)12-3-4-17-18(7-12)30-6-5-29-17/h3-4,7-9,11,26-27H,5-6,10H2,1-2H3,(H2,22,28). The second-order valence-corrected chi connectivity index (χ2v) is 7.35. The van der Waals surface area contributed by atoms with Crippen LogP contribution in [0.5, 0.6) is 23.0 Å². The molecule has 1 aliphatic heterocycles. The molecule has 30 heavy (non-hydrogen) atoms. The highest BCUT2D eigenvalue weighted by atomic mass is 16.6. The van der Waals surface area contributed by atoms with Gasteiger partial charge in [0.15, 0.2) is 11.5 Å². The van der Waals surface area contributed by atoms with Crippen LogP contribution in [0.15, 0.2) is 30.3 Å². The van der Waals surface area contributed by atoms with Crippen LogP contribution in [0.25, 0.3) is 22.5 Å². The molecule has 9 heteroatoms. The van der Waals surface area contributed by atoms with Crippen LogP contribution in [0.3, 0.4) is 0 Å². The lowest BCUT2D eigenvalue weighted by Crippen LogP contribution is -2.20. The molecule has 0 bridgehead atoms. The van der Waals surface area contributed by atoms with Crippen LogP contribution in [0.1, 0.15) is 25.3 Å². The Hall–Kier alpha value is -3.75. The van der Waals surface area contributed by atoms with Gasteiger partial charge in [0.2, 0.25) is 5.91 Å². The minimum Gasteiger partial charge on any atom is -0.508 e. The number of rotatable bonds is 5. The van der Waals surface area contributed by atoms with Crippen LogP contribution in [0.4, 0.5) is 0 Å². The highest BCUT2D eigenvalue weighted by Gasteiger charge is 2.24. The SMILES string of the molecule is CC(C)c1cc(-c2nnn(CC(N)=O)c2-c2ccc3c(c2)OCCO3)c(O)cc1O. The number of benzene rings is 2. The third-order valence-corrected chi connectivity index (χ3v) is 4.88. The smallest absolute Gasteiger partial charge is 0.239 e. The van der Waals surface area contributed by atoms with E-state index in [1.165, 1.54) is 10.7 Å². The van der Waals surface area contributed by atoms with Crippen molar-refractivity contribution >= 4 is 5.91 Å². The first-order chi connectivity index (χ1) is 14.3. The molecule has 9 nitrogen and oxygen atoms in total. The van der Waals surface area contributed by atoms with E-state index in [1.807, 2.05) is 13.8 Å². The van der Waals surface area contributed by atoms with Crippen molar-refractivity contribution in [1.29, 1.82) is 0 Å². The van der Waals surface area contributed by atoms with E-state index < -0.39 is 5.91 Å². The van der Waals surface area contributed by atoms with Crippen LogP contribution < -0.4 is 15.2 Å². The topological polar surface area (TPSA) is 133 Å². The van der Waals surface area contributed by atoms with Gasteiger partial charge in [-0.2, -0.15) is 0 Å². The van der Waals surface area contributed by atoms with Gasteiger partial charge >= 0.3 is 0 Å². The molecule has 4 N–H and O–H groups in total. The summed E-state index contributed by atoms with van der Waals surface area (Å²) in [4.78, 5) is 11.6. The van der Waals surface area contributed by atoms with Crippen molar-refractivity contribution in [3.05, 3.63) is 35.9 Å². The molecule has 0 saturated carbocycles. The van der Waals surface area contributed by atoms with E-state index in [9.17, 15) is 15.0 Å². The van der Waals surface area contributed by atoms with Gasteiger partial charge < -0.3 is 25.4 Å². The normalized spacial score (nSPS) is 12.9. The molecule has 1 amide bonds. The van der Waals surface area contributed by atoms with Gasteiger partial charge in [0, 0.05) is 17.2 Å². The van der Waals surface area contributed by atoms with Gasteiger partial charge in [-0.05, 0) is 35.7 Å². The third-order valence-electron chi connectivity index (χ3n) is 4.88. The first-order valence-corrected chi connectivity index (χ1v) is 9.53. The summed E-state index contributed by atoms with van der Waals surface area (Å²) in [5.74, 6) is 0.466. The number of fused-ring (bicyclic) bond motifs is 1. The molecule has 4 rings (SSSR count). The number of carbonyl (C=O) groups is 1. The zero-order valence-electron chi connectivity index (χ0n) is 16.6. The van der Waals surface area contributed by atoms with Crippen LogP contribution in [0, 0.1) is 0 Å². The highest BCUT2D eigenvalue weighted by Crippen LogP contribution is 2.42. The maximum atomic E-state index is 11.6. The van der Waals surface area contributed by atoms with E-state index >= 15 is 0 Å². The summed E-state index contributed by atoms with van der Waals surface area (Å²) in [6.07, 6.45) is 0. The fourth-order valence-corrected chi connectivity index (χ4v) is 3.48.